The van der Waals surface area contributed by atoms with Crippen molar-refractivity contribution < 1.29 is 9.90 Å². The highest BCUT2D eigenvalue weighted by Crippen LogP contribution is 2.07. The number of carbonyl (C=O) groups excluding carboxylic acids is 1. The lowest BCUT2D eigenvalue weighted by Crippen LogP contribution is -2.40. The number of aromatic nitrogens is 3. The Morgan fingerprint density at radius 2 is 2.09 bits per heavy atom. The molecule has 0 saturated heterocycles. The third-order valence-corrected chi connectivity index (χ3v) is 3.45. The fourth-order valence-corrected chi connectivity index (χ4v) is 2.13. The van der Waals surface area contributed by atoms with Crippen molar-refractivity contribution in [2.24, 2.45) is 0 Å². The van der Waals surface area contributed by atoms with Gasteiger partial charge in [-0.25, -0.2) is 9.78 Å². The molecular weight excluding hydrogens is 294 g/mol. The number of H-pyrrole nitrogens is 1. The van der Waals surface area contributed by atoms with Crippen molar-refractivity contribution in [3.63, 3.8) is 0 Å². The third-order valence-electron chi connectivity index (χ3n) is 3.45. The molecule has 0 fully saturated rings. The van der Waals surface area contributed by atoms with Crippen molar-refractivity contribution in [3.8, 4) is 0 Å². The van der Waals surface area contributed by atoms with Crippen molar-refractivity contribution in [2.45, 2.75) is 33.4 Å². The van der Waals surface area contributed by atoms with E-state index in [9.17, 15) is 9.90 Å². The van der Waals surface area contributed by atoms with Gasteiger partial charge in [0.25, 0.3) is 0 Å². The molecule has 0 aliphatic heterocycles. The van der Waals surface area contributed by atoms with Crippen LogP contribution in [0, 0.1) is 6.92 Å². The molecule has 0 atom stereocenters. The van der Waals surface area contributed by atoms with Gasteiger partial charge in [-0.2, -0.15) is 5.10 Å². The highest BCUT2D eigenvalue weighted by molar-refractivity contribution is 5.74. The number of aliphatic hydroxyl groups excluding tert-OH is 1. The molecule has 2 aromatic rings. The van der Waals surface area contributed by atoms with E-state index in [1.807, 2.05) is 38.1 Å². The van der Waals surface area contributed by atoms with Gasteiger partial charge in [0.1, 0.15) is 5.82 Å². The van der Waals surface area contributed by atoms with E-state index >= 15 is 0 Å². The quantitative estimate of drug-likeness (QED) is 0.719. The summed E-state index contributed by atoms with van der Waals surface area (Å²) in [7, 11) is 0. The molecule has 0 aliphatic rings. The van der Waals surface area contributed by atoms with Gasteiger partial charge >= 0.3 is 6.03 Å². The molecule has 1 aromatic carbocycles. The summed E-state index contributed by atoms with van der Waals surface area (Å²) >= 11 is 0. The molecule has 7 nitrogen and oxygen atoms in total. The Labute approximate surface area is 135 Å². The van der Waals surface area contributed by atoms with Crippen LogP contribution >= 0.6 is 0 Å². The molecule has 0 unspecified atom stereocenters. The first-order chi connectivity index (χ1) is 11.1. The van der Waals surface area contributed by atoms with Crippen molar-refractivity contribution in [3.05, 3.63) is 47.0 Å². The number of benzene rings is 1. The molecule has 1 heterocycles. The van der Waals surface area contributed by atoms with Crippen LogP contribution < -0.4 is 5.32 Å². The third kappa shape index (κ3) is 5.07. The van der Waals surface area contributed by atoms with Crippen LogP contribution in [-0.2, 0) is 19.5 Å². The van der Waals surface area contributed by atoms with E-state index in [4.69, 9.17) is 0 Å². The van der Waals surface area contributed by atoms with Crippen LogP contribution in [0.3, 0.4) is 0 Å². The van der Waals surface area contributed by atoms with Crippen LogP contribution in [0.2, 0.25) is 0 Å². The SMILES string of the molecule is CCc1n[nH]c(CNC(=O)N(CCO)Cc2ccc(C)cc2)n1. The van der Waals surface area contributed by atoms with E-state index in [1.165, 1.54) is 5.56 Å². The lowest BCUT2D eigenvalue weighted by atomic mass is 10.1. The monoisotopic (exact) mass is 317 g/mol. The number of urea groups is 1. The first kappa shape index (κ1) is 17.0. The van der Waals surface area contributed by atoms with Crippen LogP contribution in [0.1, 0.15) is 29.7 Å². The van der Waals surface area contributed by atoms with Crippen LogP contribution in [-0.4, -0.2) is 44.4 Å². The molecule has 1 aromatic heterocycles. The Morgan fingerprint density at radius 1 is 1.35 bits per heavy atom. The molecular formula is C16H23N5O2. The number of nitrogens with one attached hydrogen (secondary N) is 2. The summed E-state index contributed by atoms with van der Waals surface area (Å²) < 4.78 is 0. The van der Waals surface area contributed by atoms with Crippen molar-refractivity contribution in [2.75, 3.05) is 13.2 Å². The van der Waals surface area contributed by atoms with Crippen molar-refractivity contribution >= 4 is 6.03 Å². The van der Waals surface area contributed by atoms with Crippen LogP contribution in [0.5, 0.6) is 0 Å². The number of aliphatic hydroxyl groups is 1. The van der Waals surface area contributed by atoms with E-state index in [-0.39, 0.29) is 25.7 Å². The smallest absolute Gasteiger partial charge is 0.318 e. The predicted octanol–water partition coefficient (Wildman–Crippen LogP) is 1.38. The Morgan fingerprint density at radius 3 is 2.70 bits per heavy atom. The van der Waals surface area contributed by atoms with E-state index in [1.54, 1.807) is 4.90 Å². The second-order valence-corrected chi connectivity index (χ2v) is 5.34. The van der Waals surface area contributed by atoms with Crippen LogP contribution in [0.4, 0.5) is 4.79 Å². The van der Waals surface area contributed by atoms with Gasteiger partial charge in [0.05, 0.1) is 13.2 Å². The summed E-state index contributed by atoms with van der Waals surface area (Å²) in [4.78, 5) is 18.1. The molecule has 0 bridgehead atoms. The van der Waals surface area contributed by atoms with Gasteiger partial charge < -0.3 is 15.3 Å². The minimum Gasteiger partial charge on any atom is -0.395 e. The van der Waals surface area contributed by atoms with E-state index < -0.39 is 0 Å². The van der Waals surface area contributed by atoms with E-state index in [0.29, 0.717) is 12.4 Å². The molecule has 23 heavy (non-hydrogen) atoms. The van der Waals surface area contributed by atoms with Gasteiger partial charge in [0.15, 0.2) is 5.82 Å². The summed E-state index contributed by atoms with van der Waals surface area (Å²) in [5, 5.41) is 18.8. The molecule has 0 aliphatic carbocycles. The van der Waals surface area contributed by atoms with Gasteiger partial charge in [-0.15, -0.1) is 0 Å². The van der Waals surface area contributed by atoms with E-state index in [2.05, 4.69) is 20.5 Å². The van der Waals surface area contributed by atoms with E-state index in [0.717, 1.165) is 17.8 Å². The molecule has 0 radical (unpaired) electrons. The molecule has 0 spiro atoms. The standard InChI is InChI=1S/C16H23N5O2/c1-3-14-18-15(20-19-14)10-17-16(23)21(8-9-22)11-13-6-4-12(2)5-7-13/h4-7,22H,3,8-11H2,1-2H3,(H,17,23)(H,18,19,20). The zero-order valence-electron chi connectivity index (χ0n) is 13.5. The van der Waals surface area contributed by atoms with Crippen molar-refractivity contribution in [1.29, 1.82) is 0 Å². The molecule has 2 rings (SSSR count). The molecule has 0 saturated carbocycles. The number of rotatable bonds is 7. The highest BCUT2D eigenvalue weighted by Gasteiger charge is 2.14. The first-order valence-corrected chi connectivity index (χ1v) is 7.71. The molecule has 124 valence electrons. The van der Waals surface area contributed by atoms with Gasteiger partial charge in [-0.3, -0.25) is 5.10 Å². The van der Waals surface area contributed by atoms with Gasteiger partial charge in [-0.05, 0) is 12.5 Å². The molecule has 7 heteroatoms. The number of nitrogens with zero attached hydrogens (tertiary/aromatic N) is 3. The Hall–Kier alpha value is -2.41. The fraction of sp³-hybridized carbons (Fsp3) is 0.438. The predicted molar refractivity (Wildman–Crippen MR) is 86.7 cm³/mol. The van der Waals surface area contributed by atoms with Gasteiger partial charge in [0, 0.05) is 19.5 Å². The maximum Gasteiger partial charge on any atom is 0.318 e. The second kappa shape index (κ2) is 8.28. The lowest BCUT2D eigenvalue weighted by Gasteiger charge is -2.22. The minimum atomic E-state index is -0.242. The number of carbonyl (C=O) groups is 1. The number of amides is 2. The number of hydrogen-bond donors (Lipinski definition) is 3. The van der Waals surface area contributed by atoms with Crippen LogP contribution in [0.15, 0.2) is 24.3 Å². The summed E-state index contributed by atoms with van der Waals surface area (Å²) in [5.41, 5.74) is 2.19. The topological polar surface area (TPSA) is 94.1 Å². The maximum atomic E-state index is 12.3. The summed E-state index contributed by atoms with van der Waals surface area (Å²) in [6.07, 6.45) is 0.745. The average molecular weight is 317 g/mol. The fourth-order valence-electron chi connectivity index (χ4n) is 2.13. The van der Waals surface area contributed by atoms with Gasteiger partial charge in [0.2, 0.25) is 0 Å². The molecule has 2 amide bonds. The Balaban J connectivity index is 1.93. The normalized spacial score (nSPS) is 10.6. The lowest BCUT2D eigenvalue weighted by molar-refractivity contribution is 0.173. The first-order valence-electron chi connectivity index (χ1n) is 7.71. The maximum absolute atomic E-state index is 12.3. The van der Waals surface area contributed by atoms with Crippen LogP contribution in [0.25, 0.3) is 0 Å². The van der Waals surface area contributed by atoms with Crippen molar-refractivity contribution in [1.82, 2.24) is 25.4 Å². The summed E-state index contributed by atoms with van der Waals surface area (Å²) in [6.45, 7) is 4.91. The summed E-state index contributed by atoms with van der Waals surface area (Å²) in [6, 6.07) is 7.73. The Bertz CT molecular complexity index is 624. The second-order valence-electron chi connectivity index (χ2n) is 5.34. The number of aromatic amines is 1. The molecule has 3 N–H and O–H groups in total. The zero-order chi connectivity index (χ0) is 16.7. The highest BCUT2D eigenvalue weighted by atomic mass is 16.3. The minimum absolute atomic E-state index is 0.0818. The Kier molecular flexibility index (Phi) is 6.10. The number of aryl methyl sites for hydroxylation is 2. The average Bonchev–Trinajstić information content (AvgIpc) is 3.02. The van der Waals surface area contributed by atoms with Gasteiger partial charge in [-0.1, -0.05) is 36.8 Å². The summed E-state index contributed by atoms with van der Waals surface area (Å²) in [5.74, 6) is 1.34. The number of hydrogen-bond acceptors (Lipinski definition) is 4. The zero-order valence-corrected chi connectivity index (χ0v) is 13.5. The largest absolute Gasteiger partial charge is 0.395 e.